The number of para-hydroxylation sites is 1. The van der Waals surface area contributed by atoms with Crippen molar-refractivity contribution >= 4 is 10.9 Å². The van der Waals surface area contributed by atoms with E-state index < -0.39 is 6.10 Å². The number of ether oxygens (including phenoxy) is 2. The molecule has 31 heavy (non-hydrogen) atoms. The quantitative estimate of drug-likeness (QED) is 0.544. The molecular formula is C23H22N4O4. The van der Waals surface area contributed by atoms with Crippen LogP contribution in [0, 0.1) is 0 Å². The number of hydrogen-bond acceptors (Lipinski definition) is 7. The Bertz CT molecular complexity index is 1260. The van der Waals surface area contributed by atoms with Crippen molar-refractivity contribution in [1.29, 1.82) is 0 Å². The van der Waals surface area contributed by atoms with Gasteiger partial charge in [-0.3, -0.25) is 4.90 Å². The fourth-order valence-corrected chi connectivity index (χ4v) is 4.60. The van der Waals surface area contributed by atoms with E-state index >= 15 is 0 Å². The first-order valence-corrected chi connectivity index (χ1v) is 10.3. The molecule has 158 valence electrons. The minimum Gasteiger partial charge on any atom is -0.454 e. The molecule has 0 saturated carbocycles. The van der Waals surface area contributed by atoms with Crippen LogP contribution in [0.1, 0.15) is 23.9 Å². The topological polar surface area (TPSA) is 85.8 Å². The highest BCUT2D eigenvalue weighted by molar-refractivity contribution is 5.83. The summed E-state index contributed by atoms with van der Waals surface area (Å²) in [5.41, 5.74) is 3.21. The number of aliphatic hydroxyl groups excluding tert-OH is 1. The molecule has 4 aromatic rings. The monoisotopic (exact) mass is 418 g/mol. The lowest BCUT2D eigenvalue weighted by atomic mass is 10.1. The molecule has 8 heteroatoms. The van der Waals surface area contributed by atoms with Crippen molar-refractivity contribution in [3.63, 3.8) is 0 Å². The van der Waals surface area contributed by atoms with Gasteiger partial charge in [-0.2, -0.15) is 4.98 Å². The Morgan fingerprint density at radius 2 is 2.00 bits per heavy atom. The first-order chi connectivity index (χ1) is 15.2. The lowest BCUT2D eigenvalue weighted by Crippen LogP contribution is -2.24. The minimum atomic E-state index is -0.430. The number of rotatable bonds is 4. The molecule has 4 heterocycles. The number of benzene rings is 2. The summed E-state index contributed by atoms with van der Waals surface area (Å²) in [4.78, 5) is 6.86. The first kappa shape index (κ1) is 18.4. The zero-order valence-corrected chi connectivity index (χ0v) is 17.1. The standard InChI is InChI=1S/C23H22N4O4/c1-26-10-15(17-4-2-3-5-18(17)26)11-27-12-16(28)9-19(27)23-24-22(25-31-23)14-6-7-20-21(8-14)30-13-29-20/h2-8,10,16,19,28H,9,11-13H2,1H3/t16-,19+/m1/s1. The first-order valence-electron chi connectivity index (χ1n) is 10.3. The van der Waals surface area contributed by atoms with E-state index in [4.69, 9.17) is 14.0 Å². The molecule has 0 aliphatic carbocycles. The largest absolute Gasteiger partial charge is 0.454 e. The van der Waals surface area contributed by atoms with Crippen molar-refractivity contribution in [2.45, 2.75) is 25.1 Å². The third-order valence-electron chi connectivity index (χ3n) is 6.09. The van der Waals surface area contributed by atoms with Crippen LogP contribution >= 0.6 is 0 Å². The molecule has 1 N–H and O–H groups in total. The highest BCUT2D eigenvalue weighted by Gasteiger charge is 2.36. The summed E-state index contributed by atoms with van der Waals surface area (Å²) in [5, 5.41) is 15.8. The van der Waals surface area contributed by atoms with E-state index in [9.17, 15) is 5.11 Å². The Labute approximate surface area is 178 Å². The highest BCUT2D eigenvalue weighted by Crippen LogP contribution is 2.37. The SMILES string of the molecule is Cn1cc(CN2C[C@H](O)C[C@H]2c2nc(-c3ccc4c(c3)OCO4)no2)c2ccccc21. The van der Waals surface area contributed by atoms with Gasteiger partial charge < -0.3 is 23.7 Å². The summed E-state index contributed by atoms with van der Waals surface area (Å²) >= 11 is 0. The van der Waals surface area contributed by atoms with Crippen molar-refractivity contribution in [3.8, 4) is 22.9 Å². The number of aliphatic hydroxyl groups is 1. The number of aryl methyl sites for hydroxylation is 1. The van der Waals surface area contributed by atoms with E-state index in [0.29, 0.717) is 42.7 Å². The number of likely N-dealkylation sites (tertiary alicyclic amines) is 1. The summed E-state index contributed by atoms with van der Waals surface area (Å²) in [6.45, 7) is 1.49. The van der Waals surface area contributed by atoms with Gasteiger partial charge in [0, 0.05) is 42.8 Å². The van der Waals surface area contributed by atoms with Crippen molar-refractivity contribution in [1.82, 2.24) is 19.6 Å². The van der Waals surface area contributed by atoms with E-state index in [0.717, 1.165) is 5.56 Å². The average Bonchev–Trinajstić information content (AvgIpc) is 3.55. The number of nitrogens with zero attached hydrogens (tertiary/aromatic N) is 4. The minimum absolute atomic E-state index is 0.135. The fraction of sp³-hybridized carbons (Fsp3) is 0.304. The Morgan fingerprint density at radius 3 is 2.94 bits per heavy atom. The van der Waals surface area contributed by atoms with Crippen molar-refractivity contribution < 1.29 is 19.1 Å². The second-order valence-corrected chi connectivity index (χ2v) is 8.14. The third-order valence-corrected chi connectivity index (χ3v) is 6.09. The average molecular weight is 418 g/mol. The second-order valence-electron chi connectivity index (χ2n) is 8.14. The maximum atomic E-state index is 10.4. The molecule has 2 atom stereocenters. The lowest BCUT2D eigenvalue weighted by Gasteiger charge is -2.20. The zero-order valence-electron chi connectivity index (χ0n) is 17.1. The summed E-state index contributed by atoms with van der Waals surface area (Å²) in [7, 11) is 2.05. The van der Waals surface area contributed by atoms with E-state index in [1.807, 2.05) is 24.3 Å². The van der Waals surface area contributed by atoms with Crippen LogP contribution in [0.2, 0.25) is 0 Å². The van der Waals surface area contributed by atoms with Gasteiger partial charge in [0.15, 0.2) is 11.5 Å². The van der Waals surface area contributed by atoms with Crippen LogP contribution in [-0.4, -0.2) is 44.2 Å². The van der Waals surface area contributed by atoms with Crippen LogP contribution in [0.3, 0.4) is 0 Å². The van der Waals surface area contributed by atoms with E-state index in [2.05, 4.69) is 51.1 Å². The van der Waals surface area contributed by atoms with Gasteiger partial charge in [-0.05, 0) is 36.2 Å². The predicted molar refractivity (Wildman–Crippen MR) is 113 cm³/mol. The summed E-state index contributed by atoms with van der Waals surface area (Å²) in [5.74, 6) is 2.41. The molecule has 1 fully saturated rings. The molecule has 2 aromatic carbocycles. The molecule has 6 rings (SSSR count). The van der Waals surface area contributed by atoms with Crippen LogP contribution in [0.25, 0.3) is 22.3 Å². The lowest BCUT2D eigenvalue weighted by molar-refractivity contribution is 0.169. The molecule has 1 saturated heterocycles. The van der Waals surface area contributed by atoms with Crippen molar-refractivity contribution in [2.24, 2.45) is 7.05 Å². The summed E-state index contributed by atoms with van der Waals surface area (Å²) in [6, 6.07) is 13.8. The third kappa shape index (κ3) is 3.15. The summed E-state index contributed by atoms with van der Waals surface area (Å²) in [6.07, 6.45) is 2.28. The molecule has 2 aromatic heterocycles. The van der Waals surface area contributed by atoms with Crippen molar-refractivity contribution in [2.75, 3.05) is 13.3 Å². The number of hydrogen-bond donors (Lipinski definition) is 1. The van der Waals surface area contributed by atoms with Gasteiger partial charge in [-0.1, -0.05) is 23.4 Å². The maximum Gasteiger partial charge on any atom is 0.244 e. The molecule has 2 aliphatic heterocycles. The number of aromatic nitrogens is 3. The Balaban J connectivity index is 1.28. The fourth-order valence-electron chi connectivity index (χ4n) is 4.60. The van der Waals surface area contributed by atoms with Gasteiger partial charge in [0.05, 0.1) is 12.1 Å². The zero-order chi connectivity index (χ0) is 20.9. The summed E-state index contributed by atoms with van der Waals surface area (Å²) < 4.78 is 18.6. The van der Waals surface area contributed by atoms with Crippen LogP contribution < -0.4 is 9.47 Å². The van der Waals surface area contributed by atoms with E-state index in [1.165, 1.54) is 16.5 Å². The molecule has 0 radical (unpaired) electrons. The van der Waals surface area contributed by atoms with Crippen LogP contribution in [0.4, 0.5) is 0 Å². The van der Waals surface area contributed by atoms with Crippen LogP contribution in [-0.2, 0) is 13.6 Å². The number of β-amino-alcohol motifs (C(OH)–C–C–N with tert-alkyl or cyclic N) is 1. The molecule has 8 nitrogen and oxygen atoms in total. The van der Waals surface area contributed by atoms with Crippen LogP contribution in [0.5, 0.6) is 11.5 Å². The predicted octanol–water partition coefficient (Wildman–Crippen LogP) is 3.26. The second kappa shape index (κ2) is 7.11. The van der Waals surface area contributed by atoms with Gasteiger partial charge in [0.2, 0.25) is 18.5 Å². The number of fused-ring (bicyclic) bond motifs is 2. The van der Waals surface area contributed by atoms with E-state index in [1.54, 1.807) is 0 Å². The highest BCUT2D eigenvalue weighted by atomic mass is 16.7. The van der Waals surface area contributed by atoms with Gasteiger partial charge in [0.1, 0.15) is 0 Å². The smallest absolute Gasteiger partial charge is 0.244 e. The van der Waals surface area contributed by atoms with Gasteiger partial charge in [-0.15, -0.1) is 0 Å². The van der Waals surface area contributed by atoms with Crippen molar-refractivity contribution in [3.05, 3.63) is 60.1 Å². The van der Waals surface area contributed by atoms with Gasteiger partial charge in [0.25, 0.3) is 0 Å². The molecule has 0 unspecified atom stereocenters. The van der Waals surface area contributed by atoms with Crippen LogP contribution in [0.15, 0.2) is 53.2 Å². The normalized spacial score (nSPS) is 20.7. The molecule has 2 aliphatic rings. The van der Waals surface area contributed by atoms with Gasteiger partial charge in [-0.25, -0.2) is 0 Å². The molecule has 0 bridgehead atoms. The van der Waals surface area contributed by atoms with E-state index in [-0.39, 0.29) is 12.8 Å². The Morgan fingerprint density at radius 1 is 1.13 bits per heavy atom. The molecule has 0 spiro atoms. The molecular weight excluding hydrogens is 396 g/mol. The molecule has 0 amide bonds. The Hall–Kier alpha value is -3.36. The maximum absolute atomic E-state index is 10.4. The Kier molecular flexibility index (Phi) is 4.22. The van der Waals surface area contributed by atoms with Gasteiger partial charge >= 0.3 is 0 Å².